The molecular formula is C13H20N2O2. The van der Waals surface area contributed by atoms with Crippen LogP contribution in [0.2, 0.25) is 0 Å². The highest BCUT2D eigenvalue weighted by Gasteiger charge is 2.18. The Kier molecular flexibility index (Phi) is 4.52. The molecule has 0 aromatic heterocycles. The Morgan fingerprint density at radius 3 is 2.71 bits per heavy atom. The molecule has 0 aliphatic carbocycles. The van der Waals surface area contributed by atoms with E-state index in [1.807, 2.05) is 19.9 Å². The second-order valence-electron chi connectivity index (χ2n) is 4.29. The SMILES string of the molecule is COCC(C)N(C)C(=O)c1ccc(N)cc1C. The highest BCUT2D eigenvalue weighted by Crippen LogP contribution is 2.15. The van der Waals surface area contributed by atoms with Gasteiger partial charge in [-0.2, -0.15) is 0 Å². The van der Waals surface area contributed by atoms with Crippen molar-refractivity contribution >= 4 is 11.6 Å². The number of nitrogens with two attached hydrogens (primary N) is 1. The summed E-state index contributed by atoms with van der Waals surface area (Å²) in [6, 6.07) is 5.37. The molecule has 2 N–H and O–H groups in total. The van der Waals surface area contributed by atoms with Crippen molar-refractivity contribution in [2.45, 2.75) is 19.9 Å². The molecule has 0 saturated carbocycles. The first-order valence-electron chi connectivity index (χ1n) is 5.59. The molecule has 0 fully saturated rings. The van der Waals surface area contributed by atoms with Crippen molar-refractivity contribution in [3.8, 4) is 0 Å². The molecule has 0 saturated heterocycles. The molecule has 0 radical (unpaired) electrons. The molecule has 0 aliphatic heterocycles. The molecule has 4 nitrogen and oxygen atoms in total. The predicted molar refractivity (Wildman–Crippen MR) is 69.0 cm³/mol. The van der Waals surface area contributed by atoms with E-state index in [1.165, 1.54) is 0 Å². The van der Waals surface area contributed by atoms with Gasteiger partial charge in [-0.15, -0.1) is 0 Å². The number of benzene rings is 1. The van der Waals surface area contributed by atoms with Crippen LogP contribution in [0, 0.1) is 6.92 Å². The molecule has 0 bridgehead atoms. The number of aryl methyl sites for hydroxylation is 1. The summed E-state index contributed by atoms with van der Waals surface area (Å²) in [7, 11) is 3.41. The van der Waals surface area contributed by atoms with Crippen molar-refractivity contribution < 1.29 is 9.53 Å². The van der Waals surface area contributed by atoms with E-state index in [2.05, 4.69) is 0 Å². The molecule has 1 aromatic rings. The van der Waals surface area contributed by atoms with Crippen LogP contribution in [-0.4, -0.2) is 37.6 Å². The molecule has 1 unspecified atom stereocenters. The van der Waals surface area contributed by atoms with Crippen molar-refractivity contribution in [1.29, 1.82) is 0 Å². The van der Waals surface area contributed by atoms with Crippen molar-refractivity contribution in [3.05, 3.63) is 29.3 Å². The second-order valence-corrected chi connectivity index (χ2v) is 4.29. The molecule has 4 heteroatoms. The third kappa shape index (κ3) is 3.20. The fraction of sp³-hybridized carbons (Fsp3) is 0.462. The van der Waals surface area contributed by atoms with Crippen LogP contribution in [0.15, 0.2) is 18.2 Å². The van der Waals surface area contributed by atoms with Crippen LogP contribution in [0.1, 0.15) is 22.8 Å². The predicted octanol–water partition coefficient (Wildman–Crippen LogP) is 1.68. The van der Waals surface area contributed by atoms with Crippen LogP contribution in [0.5, 0.6) is 0 Å². The summed E-state index contributed by atoms with van der Waals surface area (Å²) in [6.07, 6.45) is 0. The van der Waals surface area contributed by atoms with Crippen molar-refractivity contribution in [1.82, 2.24) is 4.90 Å². The van der Waals surface area contributed by atoms with E-state index in [4.69, 9.17) is 10.5 Å². The molecule has 0 spiro atoms. The number of rotatable bonds is 4. The van der Waals surface area contributed by atoms with Gasteiger partial charge in [0.05, 0.1) is 12.6 Å². The number of ether oxygens (including phenoxy) is 1. The van der Waals surface area contributed by atoms with Crippen LogP contribution in [-0.2, 0) is 4.74 Å². The van der Waals surface area contributed by atoms with Crippen LogP contribution < -0.4 is 5.73 Å². The van der Waals surface area contributed by atoms with E-state index in [0.717, 1.165) is 5.56 Å². The first-order valence-corrected chi connectivity index (χ1v) is 5.59. The average Bonchev–Trinajstić information content (AvgIpc) is 2.27. The van der Waals surface area contributed by atoms with Crippen molar-refractivity contribution in [3.63, 3.8) is 0 Å². The van der Waals surface area contributed by atoms with Gasteiger partial charge in [-0.1, -0.05) is 0 Å². The third-order valence-electron chi connectivity index (χ3n) is 2.87. The molecule has 1 amide bonds. The molecular weight excluding hydrogens is 216 g/mol. The van der Waals surface area contributed by atoms with Gasteiger partial charge in [-0.3, -0.25) is 4.79 Å². The summed E-state index contributed by atoms with van der Waals surface area (Å²) in [6.45, 7) is 4.36. The minimum Gasteiger partial charge on any atom is -0.399 e. The van der Waals surface area contributed by atoms with E-state index in [1.54, 1.807) is 31.2 Å². The second kappa shape index (κ2) is 5.68. The van der Waals surface area contributed by atoms with Gasteiger partial charge in [0.25, 0.3) is 5.91 Å². The number of hydrogen-bond acceptors (Lipinski definition) is 3. The maximum Gasteiger partial charge on any atom is 0.254 e. The van der Waals surface area contributed by atoms with Gasteiger partial charge >= 0.3 is 0 Å². The molecule has 1 aromatic carbocycles. The number of hydrogen-bond donors (Lipinski definition) is 1. The summed E-state index contributed by atoms with van der Waals surface area (Å²) in [5.74, 6) is -0.00736. The van der Waals surface area contributed by atoms with Crippen LogP contribution in [0.4, 0.5) is 5.69 Å². The Labute approximate surface area is 102 Å². The molecule has 1 atom stereocenters. The minimum atomic E-state index is -0.00736. The summed E-state index contributed by atoms with van der Waals surface area (Å²) in [5, 5.41) is 0. The Hall–Kier alpha value is -1.55. The lowest BCUT2D eigenvalue weighted by Gasteiger charge is -2.25. The number of methoxy groups -OCH3 is 1. The lowest BCUT2D eigenvalue weighted by atomic mass is 10.1. The normalized spacial score (nSPS) is 12.2. The number of amides is 1. The topological polar surface area (TPSA) is 55.6 Å². The maximum atomic E-state index is 12.2. The van der Waals surface area contributed by atoms with Gasteiger partial charge in [0.15, 0.2) is 0 Å². The molecule has 94 valence electrons. The Morgan fingerprint density at radius 1 is 1.53 bits per heavy atom. The fourth-order valence-corrected chi connectivity index (χ4v) is 1.67. The minimum absolute atomic E-state index is 0.00736. The van der Waals surface area contributed by atoms with Crippen molar-refractivity contribution in [2.75, 3.05) is 26.5 Å². The molecule has 0 aliphatic rings. The van der Waals surface area contributed by atoms with Gasteiger partial charge in [-0.25, -0.2) is 0 Å². The smallest absolute Gasteiger partial charge is 0.254 e. The zero-order valence-corrected chi connectivity index (χ0v) is 10.9. The zero-order valence-electron chi connectivity index (χ0n) is 10.9. The van der Waals surface area contributed by atoms with Crippen LogP contribution in [0.25, 0.3) is 0 Å². The maximum absolute atomic E-state index is 12.2. The van der Waals surface area contributed by atoms with Crippen LogP contribution in [0.3, 0.4) is 0 Å². The Balaban J connectivity index is 2.88. The number of carbonyl (C=O) groups is 1. The highest BCUT2D eigenvalue weighted by atomic mass is 16.5. The Morgan fingerprint density at radius 2 is 2.18 bits per heavy atom. The molecule has 0 heterocycles. The number of nitrogen functional groups attached to an aromatic ring is 1. The summed E-state index contributed by atoms with van der Waals surface area (Å²) < 4.78 is 5.05. The Bertz CT molecular complexity index is 404. The molecule has 17 heavy (non-hydrogen) atoms. The van der Waals surface area contributed by atoms with E-state index in [0.29, 0.717) is 17.9 Å². The number of nitrogens with zero attached hydrogens (tertiary/aromatic N) is 1. The van der Waals surface area contributed by atoms with E-state index in [-0.39, 0.29) is 11.9 Å². The molecule has 1 rings (SSSR count). The van der Waals surface area contributed by atoms with E-state index in [9.17, 15) is 4.79 Å². The lowest BCUT2D eigenvalue weighted by molar-refractivity contribution is 0.0633. The first-order chi connectivity index (χ1) is 7.97. The standard InChI is InChI=1S/C13H20N2O2/c1-9-7-11(14)5-6-12(9)13(16)15(3)10(2)8-17-4/h5-7,10H,8,14H2,1-4H3. The van der Waals surface area contributed by atoms with Gasteiger partial charge in [-0.05, 0) is 37.6 Å². The highest BCUT2D eigenvalue weighted by molar-refractivity contribution is 5.96. The van der Waals surface area contributed by atoms with Gasteiger partial charge in [0, 0.05) is 25.4 Å². The third-order valence-corrected chi connectivity index (χ3v) is 2.87. The van der Waals surface area contributed by atoms with E-state index < -0.39 is 0 Å². The number of carbonyl (C=O) groups excluding carboxylic acids is 1. The summed E-state index contributed by atoms with van der Waals surface area (Å²) in [5.41, 5.74) is 7.92. The monoisotopic (exact) mass is 236 g/mol. The zero-order chi connectivity index (χ0) is 13.0. The number of likely N-dealkylation sites (N-methyl/N-ethyl adjacent to an activating group) is 1. The largest absolute Gasteiger partial charge is 0.399 e. The number of anilines is 1. The van der Waals surface area contributed by atoms with Gasteiger partial charge < -0.3 is 15.4 Å². The van der Waals surface area contributed by atoms with Gasteiger partial charge in [0.2, 0.25) is 0 Å². The lowest BCUT2D eigenvalue weighted by Crippen LogP contribution is -2.38. The van der Waals surface area contributed by atoms with Crippen LogP contribution >= 0.6 is 0 Å². The van der Waals surface area contributed by atoms with Crippen molar-refractivity contribution in [2.24, 2.45) is 0 Å². The van der Waals surface area contributed by atoms with E-state index >= 15 is 0 Å². The fourth-order valence-electron chi connectivity index (χ4n) is 1.67. The summed E-state index contributed by atoms with van der Waals surface area (Å²) in [4.78, 5) is 13.9. The van der Waals surface area contributed by atoms with Gasteiger partial charge in [0.1, 0.15) is 0 Å². The summed E-state index contributed by atoms with van der Waals surface area (Å²) >= 11 is 0. The first kappa shape index (κ1) is 13.5. The average molecular weight is 236 g/mol. The quantitative estimate of drug-likeness (QED) is 0.809.